The van der Waals surface area contributed by atoms with Gasteiger partial charge < -0.3 is 19.4 Å². The fourth-order valence-electron chi connectivity index (χ4n) is 3.20. The first kappa shape index (κ1) is 14.3. The average Bonchev–Trinajstić information content (AvgIpc) is 3.13. The zero-order valence-electron chi connectivity index (χ0n) is 13.2. The zero-order valence-corrected chi connectivity index (χ0v) is 13.2. The molecule has 23 heavy (non-hydrogen) atoms. The summed E-state index contributed by atoms with van der Waals surface area (Å²) in [6, 6.07) is 8.41. The third kappa shape index (κ3) is 2.94. The second-order valence-corrected chi connectivity index (χ2v) is 5.94. The minimum Gasteiger partial charge on any atom is -0.341 e. The Balaban J connectivity index is 1.68. The summed E-state index contributed by atoms with van der Waals surface area (Å²) in [5.41, 5.74) is 2.28. The molecule has 1 saturated heterocycles. The van der Waals surface area contributed by atoms with Gasteiger partial charge in [0.2, 0.25) is 5.95 Å². The number of nitrogens with zero attached hydrogens (tertiary/aromatic N) is 5. The van der Waals surface area contributed by atoms with E-state index >= 15 is 0 Å². The first-order chi connectivity index (χ1) is 11.4. The number of hydrogen-bond acceptors (Lipinski definition) is 4. The number of fused-ring (bicyclic) bond motifs is 1. The highest BCUT2D eigenvalue weighted by Crippen LogP contribution is 2.23. The van der Waals surface area contributed by atoms with E-state index in [0.29, 0.717) is 0 Å². The van der Waals surface area contributed by atoms with E-state index in [2.05, 4.69) is 48.6 Å². The van der Waals surface area contributed by atoms with E-state index in [-0.39, 0.29) is 0 Å². The van der Waals surface area contributed by atoms with Gasteiger partial charge in [-0.1, -0.05) is 12.1 Å². The molecule has 0 saturated carbocycles. The standard InChI is InChI=1S/C17H22N6/c1-2-5-16-15(4-1)20-17(22-9-3-6-18-8-11-22)23(16)13-12-21-10-7-19-14-21/h1-2,4-5,7,10,14,18H,3,6,8-9,11-13H2. The molecule has 1 N–H and O–H groups in total. The number of rotatable bonds is 4. The van der Waals surface area contributed by atoms with Crippen molar-refractivity contribution in [3.63, 3.8) is 0 Å². The molecule has 0 bridgehead atoms. The Morgan fingerprint density at radius 3 is 2.96 bits per heavy atom. The molecule has 6 nitrogen and oxygen atoms in total. The summed E-state index contributed by atoms with van der Waals surface area (Å²) in [4.78, 5) is 11.5. The van der Waals surface area contributed by atoms with Crippen LogP contribution in [0, 0.1) is 0 Å². The van der Waals surface area contributed by atoms with Crippen molar-refractivity contribution in [3.05, 3.63) is 43.0 Å². The smallest absolute Gasteiger partial charge is 0.206 e. The minimum atomic E-state index is 0.899. The molecule has 0 atom stereocenters. The summed E-state index contributed by atoms with van der Waals surface area (Å²) >= 11 is 0. The summed E-state index contributed by atoms with van der Waals surface area (Å²) in [7, 11) is 0. The Hall–Kier alpha value is -2.34. The van der Waals surface area contributed by atoms with Crippen LogP contribution in [0.2, 0.25) is 0 Å². The van der Waals surface area contributed by atoms with Crippen LogP contribution in [-0.2, 0) is 13.1 Å². The van der Waals surface area contributed by atoms with Crippen molar-refractivity contribution < 1.29 is 0 Å². The average molecular weight is 310 g/mol. The van der Waals surface area contributed by atoms with Crippen LogP contribution < -0.4 is 10.2 Å². The number of anilines is 1. The number of aryl methyl sites for hydroxylation is 2. The predicted octanol–water partition coefficient (Wildman–Crippen LogP) is 1.73. The zero-order chi connectivity index (χ0) is 15.5. The molecule has 3 aromatic rings. The van der Waals surface area contributed by atoms with E-state index in [1.807, 2.05) is 18.7 Å². The quantitative estimate of drug-likeness (QED) is 0.797. The number of hydrogen-bond donors (Lipinski definition) is 1. The van der Waals surface area contributed by atoms with Gasteiger partial charge in [-0.3, -0.25) is 0 Å². The first-order valence-electron chi connectivity index (χ1n) is 8.28. The number of nitrogens with one attached hydrogen (secondary N) is 1. The Kier molecular flexibility index (Phi) is 3.98. The molecule has 0 aliphatic carbocycles. The number of benzene rings is 1. The van der Waals surface area contributed by atoms with Crippen LogP contribution in [0.1, 0.15) is 6.42 Å². The third-order valence-corrected chi connectivity index (χ3v) is 4.40. The molecule has 4 rings (SSSR count). The highest BCUT2D eigenvalue weighted by atomic mass is 15.3. The lowest BCUT2D eigenvalue weighted by Crippen LogP contribution is -2.30. The summed E-state index contributed by atoms with van der Waals surface area (Å²) in [5.74, 6) is 1.09. The fraction of sp³-hybridized carbons (Fsp3) is 0.412. The largest absolute Gasteiger partial charge is 0.341 e. The van der Waals surface area contributed by atoms with Gasteiger partial charge in [0.1, 0.15) is 0 Å². The van der Waals surface area contributed by atoms with E-state index < -0.39 is 0 Å². The van der Waals surface area contributed by atoms with Crippen molar-refractivity contribution in [3.8, 4) is 0 Å². The molecule has 1 aromatic carbocycles. The Morgan fingerprint density at radius 1 is 1.09 bits per heavy atom. The summed E-state index contributed by atoms with van der Waals surface area (Å²) < 4.78 is 4.46. The molecular weight excluding hydrogens is 288 g/mol. The van der Waals surface area contributed by atoms with Gasteiger partial charge in [-0.25, -0.2) is 9.97 Å². The van der Waals surface area contributed by atoms with Gasteiger partial charge in [-0.05, 0) is 25.1 Å². The van der Waals surface area contributed by atoms with Crippen molar-refractivity contribution in [2.45, 2.75) is 19.5 Å². The van der Waals surface area contributed by atoms with Gasteiger partial charge in [0.05, 0.1) is 17.4 Å². The van der Waals surface area contributed by atoms with Crippen molar-refractivity contribution in [2.24, 2.45) is 0 Å². The van der Waals surface area contributed by atoms with E-state index in [1.54, 1.807) is 0 Å². The summed E-state index contributed by atoms with van der Waals surface area (Å²) in [5, 5.41) is 3.46. The lowest BCUT2D eigenvalue weighted by atomic mass is 10.3. The van der Waals surface area contributed by atoms with Gasteiger partial charge in [0, 0.05) is 45.1 Å². The predicted molar refractivity (Wildman–Crippen MR) is 91.7 cm³/mol. The van der Waals surface area contributed by atoms with Gasteiger partial charge in [-0.2, -0.15) is 0 Å². The molecule has 0 spiro atoms. The van der Waals surface area contributed by atoms with Crippen LogP contribution in [-0.4, -0.2) is 45.3 Å². The van der Waals surface area contributed by atoms with Gasteiger partial charge in [0.25, 0.3) is 0 Å². The van der Waals surface area contributed by atoms with Crippen LogP contribution in [0.5, 0.6) is 0 Å². The number of aromatic nitrogens is 4. The maximum Gasteiger partial charge on any atom is 0.206 e. The van der Waals surface area contributed by atoms with Crippen molar-refractivity contribution in [1.29, 1.82) is 0 Å². The summed E-state index contributed by atoms with van der Waals surface area (Å²) in [6.45, 7) is 5.97. The van der Waals surface area contributed by atoms with E-state index in [1.165, 1.54) is 5.52 Å². The monoisotopic (exact) mass is 310 g/mol. The molecule has 0 unspecified atom stereocenters. The van der Waals surface area contributed by atoms with Crippen molar-refractivity contribution >= 4 is 17.0 Å². The van der Waals surface area contributed by atoms with Gasteiger partial charge in [0.15, 0.2) is 0 Å². The number of para-hydroxylation sites is 2. The van der Waals surface area contributed by atoms with Crippen LogP contribution in [0.3, 0.4) is 0 Å². The molecule has 2 aromatic heterocycles. The number of imidazole rings is 2. The first-order valence-corrected chi connectivity index (χ1v) is 8.28. The molecule has 1 fully saturated rings. The maximum atomic E-state index is 4.91. The van der Waals surface area contributed by atoms with E-state index in [0.717, 1.165) is 57.2 Å². The van der Waals surface area contributed by atoms with Crippen LogP contribution >= 0.6 is 0 Å². The fourth-order valence-corrected chi connectivity index (χ4v) is 3.20. The molecule has 1 aliphatic rings. The van der Waals surface area contributed by atoms with Gasteiger partial charge >= 0.3 is 0 Å². The molecule has 3 heterocycles. The molecule has 1 aliphatic heterocycles. The molecule has 0 amide bonds. The normalized spacial score (nSPS) is 15.9. The highest BCUT2D eigenvalue weighted by molar-refractivity contribution is 5.78. The highest BCUT2D eigenvalue weighted by Gasteiger charge is 2.18. The van der Waals surface area contributed by atoms with Crippen molar-refractivity contribution in [1.82, 2.24) is 24.4 Å². The molecule has 6 heteroatoms. The van der Waals surface area contributed by atoms with Crippen LogP contribution in [0.15, 0.2) is 43.0 Å². The maximum absolute atomic E-state index is 4.91. The van der Waals surface area contributed by atoms with E-state index in [9.17, 15) is 0 Å². The van der Waals surface area contributed by atoms with E-state index in [4.69, 9.17) is 4.98 Å². The Morgan fingerprint density at radius 2 is 2.04 bits per heavy atom. The van der Waals surface area contributed by atoms with Crippen molar-refractivity contribution in [2.75, 3.05) is 31.1 Å². The second kappa shape index (κ2) is 6.42. The lowest BCUT2D eigenvalue weighted by Gasteiger charge is -2.22. The molecular formula is C17H22N6. The minimum absolute atomic E-state index is 0.899. The molecule has 120 valence electrons. The Bertz CT molecular complexity index is 753. The van der Waals surface area contributed by atoms with Crippen LogP contribution in [0.4, 0.5) is 5.95 Å². The lowest BCUT2D eigenvalue weighted by molar-refractivity contribution is 0.580. The summed E-state index contributed by atoms with van der Waals surface area (Å²) in [6.07, 6.45) is 6.86. The Labute approximate surface area is 135 Å². The topological polar surface area (TPSA) is 50.9 Å². The molecule has 0 radical (unpaired) electrons. The third-order valence-electron chi connectivity index (χ3n) is 4.40. The van der Waals surface area contributed by atoms with Gasteiger partial charge in [-0.15, -0.1) is 0 Å². The SMILES string of the molecule is c1ccc2c(c1)nc(N1CCCNCC1)n2CCn1ccnc1. The second-order valence-electron chi connectivity index (χ2n) is 5.94. The van der Waals surface area contributed by atoms with Crippen LogP contribution in [0.25, 0.3) is 11.0 Å².